The summed E-state index contributed by atoms with van der Waals surface area (Å²) < 4.78 is 22.6. The van der Waals surface area contributed by atoms with E-state index < -0.39 is 48.0 Å². The second-order valence-corrected chi connectivity index (χ2v) is 10.2. The van der Waals surface area contributed by atoms with Gasteiger partial charge in [-0.2, -0.15) is 0 Å². The molecule has 2 aliphatic rings. The summed E-state index contributed by atoms with van der Waals surface area (Å²) in [5.41, 5.74) is 12.2. The minimum Gasteiger partial charge on any atom is -0.439 e. The Bertz CT molecular complexity index is 1150. The highest BCUT2D eigenvalue weighted by atomic mass is 16.6. The van der Waals surface area contributed by atoms with Crippen molar-refractivity contribution in [3.63, 3.8) is 0 Å². The van der Waals surface area contributed by atoms with Crippen molar-refractivity contribution in [3.8, 4) is 0 Å². The smallest absolute Gasteiger partial charge is 0.405 e. The van der Waals surface area contributed by atoms with Crippen LogP contribution in [0.4, 0.5) is 4.79 Å². The molecule has 11 nitrogen and oxygen atoms in total. The molecule has 1 aliphatic carbocycles. The van der Waals surface area contributed by atoms with Crippen molar-refractivity contribution >= 4 is 23.6 Å². The van der Waals surface area contributed by atoms with E-state index in [0.717, 1.165) is 6.08 Å². The van der Waals surface area contributed by atoms with Crippen molar-refractivity contribution in [2.75, 3.05) is 21.3 Å². The van der Waals surface area contributed by atoms with E-state index in [4.69, 9.17) is 30.4 Å². The Morgan fingerprint density at radius 2 is 1.73 bits per heavy atom. The van der Waals surface area contributed by atoms with Gasteiger partial charge in [0, 0.05) is 44.5 Å². The molecule has 0 aromatic rings. The van der Waals surface area contributed by atoms with Gasteiger partial charge in [-0.1, -0.05) is 38.2 Å². The molecule has 0 radical (unpaired) electrons. The molecule has 1 aliphatic heterocycles. The lowest BCUT2D eigenvalue weighted by molar-refractivity contribution is -0.120. The number of carbonyl (C=O) groups is 4. The Balaban J connectivity index is 2.61. The largest absolute Gasteiger partial charge is 0.439 e. The van der Waals surface area contributed by atoms with Gasteiger partial charge in [0.25, 0.3) is 5.91 Å². The van der Waals surface area contributed by atoms with Gasteiger partial charge in [0.2, 0.25) is 11.6 Å². The number of fused-ring (bicyclic) bond motifs is 2. The van der Waals surface area contributed by atoms with Crippen LogP contribution < -0.4 is 16.8 Å². The molecule has 5 N–H and O–H groups in total. The normalized spacial score (nSPS) is 32.8. The van der Waals surface area contributed by atoms with Gasteiger partial charge in [0.15, 0.2) is 6.10 Å². The lowest BCUT2D eigenvalue weighted by Crippen LogP contribution is -2.38. The van der Waals surface area contributed by atoms with Crippen LogP contribution in [0.2, 0.25) is 0 Å². The number of rotatable bonds is 4. The van der Waals surface area contributed by atoms with Crippen LogP contribution in [0.5, 0.6) is 0 Å². The molecule has 220 valence electrons. The predicted molar refractivity (Wildman–Crippen MR) is 149 cm³/mol. The molecule has 0 spiro atoms. The molecular weight excluding hydrogens is 518 g/mol. The van der Waals surface area contributed by atoms with E-state index in [2.05, 4.69) is 5.32 Å². The first-order valence-corrected chi connectivity index (χ1v) is 13.0. The van der Waals surface area contributed by atoms with Crippen LogP contribution in [0.1, 0.15) is 40.5 Å². The van der Waals surface area contributed by atoms with Crippen molar-refractivity contribution in [2.24, 2.45) is 23.3 Å². The summed E-state index contributed by atoms with van der Waals surface area (Å²) in [5.74, 6) is -1.97. The molecule has 0 fully saturated rings. The lowest BCUT2D eigenvalue weighted by atomic mass is 9.85. The second-order valence-electron chi connectivity index (χ2n) is 10.2. The van der Waals surface area contributed by atoms with Crippen LogP contribution in [0.15, 0.2) is 58.5 Å². The number of ether oxygens (including phenoxy) is 4. The van der Waals surface area contributed by atoms with Crippen molar-refractivity contribution in [1.82, 2.24) is 5.32 Å². The number of amides is 2. The fraction of sp³-hybridized carbons (Fsp3) is 0.517. The summed E-state index contributed by atoms with van der Waals surface area (Å²) >= 11 is 0. The number of carbonyl (C=O) groups excluding carboxylic acids is 4. The first-order valence-electron chi connectivity index (χ1n) is 13.0. The molecule has 6 atom stereocenters. The zero-order chi connectivity index (χ0) is 30.1. The van der Waals surface area contributed by atoms with Crippen molar-refractivity contribution in [3.05, 3.63) is 58.5 Å². The summed E-state index contributed by atoms with van der Waals surface area (Å²) in [6, 6.07) is 0. The number of methoxy groups -OCH3 is 3. The first-order chi connectivity index (χ1) is 18.8. The van der Waals surface area contributed by atoms with Gasteiger partial charge in [-0.3, -0.25) is 14.4 Å². The lowest BCUT2D eigenvalue weighted by Gasteiger charge is -2.32. The molecule has 2 amide bonds. The SMILES string of the molecule is COC1/C=C\C=C(\C)C(=O)NC2=CC(=O)C(N)=C(CC(C)CC(OC)C(OC)C(C)/C=C(/C)C1OC(N)=O)C2=O. The average molecular weight is 560 g/mol. The van der Waals surface area contributed by atoms with Crippen molar-refractivity contribution in [1.29, 1.82) is 0 Å². The predicted octanol–water partition coefficient (Wildman–Crippen LogP) is 2.37. The van der Waals surface area contributed by atoms with Crippen molar-refractivity contribution < 1.29 is 38.1 Å². The van der Waals surface area contributed by atoms with Gasteiger partial charge in [0.1, 0.15) is 6.10 Å². The van der Waals surface area contributed by atoms with Gasteiger partial charge in [-0.25, -0.2) is 4.79 Å². The third-order valence-electron chi connectivity index (χ3n) is 7.07. The quantitative estimate of drug-likeness (QED) is 0.346. The number of hydrogen-bond acceptors (Lipinski definition) is 9. The molecule has 11 heteroatoms. The van der Waals surface area contributed by atoms with Gasteiger partial charge in [-0.15, -0.1) is 0 Å². The molecule has 2 bridgehead atoms. The van der Waals surface area contributed by atoms with Gasteiger partial charge in [-0.05, 0) is 38.2 Å². The third-order valence-corrected chi connectivity index (χ3v) is 7.07. The molecule has 0 aromatic carbocycles. The minimum absolute atomic E-state index is 0.133. The minimum atomic E-state index is -0.968. The number of hydrogen-bond donors (Lipinski definition) is 3. The fourth-order valence-corrected chi connectivity index (χ4v) is 4.96. The Labute approximate surface area is 235 Å². The topological polar surface area (TPSA) is 169 Å². The molecule has 40 heavy (non-hydrogen) atoms. The van der Waals surface area contributed by atoms with Crippen LogP contribution in [-0.2, 0) is 33.3 Å². The maximum absolute atomic E-state index is 13.2. The van der Waals surface area contributed by atoms with E-state index in [1.807, 2.05) is 19.9 Å². The van der Waals surface area contributed by atoms with Crippen LogP contribution in [0.3, 0.4) is 0 Å². The summed E-state index contributed by atoms with van der Waals surface area (Å²) in [4.78, 5) is 50.4. The Kier molecular flexibility index (Phi) is 12.0. The Hall–Kier alpha value is -3.54. The maximum Gasteiger partial charge on any atom is 0.405 e. The maximum atomic E-state index is 13.2. The molecule has 0 aromatic heterocycles. The average Bonchev–Trinajstić information content (AvgIpc) is 2.89. The van der Waals surface area contributed by atoms with Crippen LogP contribution in [-0.4, -0.2) is 69.3 Å². The van der Waals surface area contributed by atoms with Crippen LogP contribution >= 0.6 is 0 Å². The molecular formula is C29H41N3O8. The summed E-state index contributed by atoms with van der Waals surface area (Å²) in [6.45, 7) is 7.21. The van der Waals surface area contributed by atoms with E-state index in [1.54, 1.807) is 40.2 Å². The van der Waals surface area contributed by atoms with Crippen LogP contribution in [0.25, 0.3) is 0 Å². The summed E-state index contributed by atoms with van der Waals surface area (Å²) in [7, 11) is 4.60. The molecule has 1 heterocycles. The zero-order valence-electron chi connectivity index (χ0n) is 24.2. The molecule has 6 unspecified atom stereocenters. The van der Waals surface area contributed by atoms with Crippen molar-refractivity contribution in [2.45, 2.75) is 65.0 Å². The molecule has 0 saturated heterocycles. The van der Waals surface area contributed by atoms with Gasteiger partial charge < -0.3 is 35.7 Å². The molecule has 2 rings (SSSR count). The number of ketones is 2. The first kappa shape index (κ1) is 32.7. The van der Waals surface area contributed by atoms with E-state index in [-0.39, 0.29) is 40.8 Å². The molecule has 0 saturated carbocycles. The van der Waals surface area contributed by atoms with E-state index in [1.165, 1.54) is 13.2 Å². The van der Waals surface area contributed by atoms with Gasteiger partial charge >= 0.3 is 6.09 Å². The Morgan fingerprint density at radius 3 is 2.30 bits per heavy atom. The number of nitrogens with one attached hydrogen (secondary N) is 1. The number of allylic oxidation sites excluding steroid dienone is 4. The zero-order valence-corrected chi connectivity index (χ0v) is 24.2. The van der Waals surface area contributed by atoms with Gasteiger partial charge in [0.05, 0.1) is 23.6 Å². The van der Waals surface area contributed by atoms with E-state index in [9.17, 15) is 19.2 Å². The standard InChI is InChI=1S/C29H41N3O8/c1-15-11-19-24(30)21(33)14-20(25(19)34)32-28(35)16(2)9-8-10-22(37-5)27(40-29(31)36)18(4)13-17(3)26(39-7)23(12-15)38-6/h8-10,13-15,17,22-23,26-27H,11-12,30H2,1-7H3,(H2,31,36)(H,32,35)/b10-8-,16-9-,18-13-. The number of Topliss-reactive ketones (excluding diaryl/α,β-unsaturated/α-hetero) is 1. The fourth-order valence-electron chi connectivity index (χ4n) is 4.96. The van der Waals surface area contributed by atoms with E-state index >= 15 is 0 Å². The second kappa shape index (κ2) is 14.7. The highest BCUT2D eigenvalue weighted by molar-refractivity contribution is 6.23. The third kappa shape index (κ3) is 8.23. The monoisotopic (exact) mass is 559 g/mol. The van der Waals surface area contributed by atoms with E-state index in [0.29, 0.717) is 12.0 Å². The Morgan fingerprint density at radius 1 is 1.05 bits per heavy atom. The van der Waals surface area contributed by atoms with Crippen LogP contribution in [0, 0.1) is 11.8 Å². The highest BCUT2D eigenvalue weighted by Crippen LogP contribution is 2.29. The highest BCUT2D eigenvalue weighted by Gasteiger charge is 2.33. The summed E-state index contributed by atoms with van der Waals surface area (Å²) in [6.07, 6.45) is 4.94. The number of nitrogens with two attached hydrogens (primary N) is 2. The summed E-state index contributed by atoms with van der Waals surface area (Å²) in [5, 5.41) is 2.53. The number of primary amides is 1.